The summed E-state index contributed by atoms with van der Waals surface area (Å²) >= 11 is 0. The van der Waals surface area contributed by atoms with E-state index in [9.17, 15) is 14.4 Å². The number of ether oxygens (including phenoxy) is 1. The molecule has 166 valence electrons. The average molecular weight is 435 g/mol. The fourth-order valence-corrected chi connectivity index (χ4v) is 3.04. The Labute approximate surface area is 185 Å². The van der Waals surface area contributed by atoms with Crippen molar-refractivity contribution in [2.24, 2.45) is 0 Å². The largest absolute Gasteiger partial charge is 0.478 e. The van der Waals surface area contributed by atoms with E-state index >= 15 is 0 Å². The Morgan fingerprint density at radius 3 is 2.34 bits per heavy atom. The minimum atomic E-state index is -1.37. The summed E-state index contributed by atoms with van der Waals surface area (Å²) < 4.78 is 6.80. The monoisotopic (exact) mass is 435 g/mol. The van der Waals surface area contributed by atoms with Crippen LogP contribution in [0, 0.1) is 0 Å². The molecule has 32 heavy (non-hydrogen) atoms. The van der Waals surface area contributed by atoms with Crippen molar-refractivity contribution in [3.63, 3.8) is 0 Å². The Kier molecular flexibility index (Phi) is 6.73. The van der Waals surface area contributed by atoms with Gasteiger partial charge in [0.2, 0.25) is 5.91 Å². The molecule has 1 aromatic heterocycles. The Bertz CT molecular complexity index is 1170. The molecule has 0 radical (unpaired) electrons. The molecular formula is C24H25N3O5. The molecular weight excluding hydrogens is 410 g/mol. The van der Waals surface area contributed by atoms with Gasteiger partial charge in [-0.3, -0.25) is 14.2 Å². The summed E-state index contributed by atoms with van der Waals surface area (Å²) in [5.74, 6) is -0.582. The van der Waals surface area contributed by atoms with Crippen molar-refractivity contribution in [2.45, 2.75) is 39.3 Å². The van der Waals surface area contributed by atoms with Crippen LogP contribution in [0.1, 0.15) is 26.6 Å². The van der Waals surface area contributed by atoms with Gasteiger partial charge in [-0.15, -0.1) is 0 Å². The van der Waals surface area contributed by atoms with Gasteiger partial charge in [0.25, 0.3) is 5.56 Å². The standard InChI is InChI=1S/C24H25N3O5/c1-4-20-26-19(16-8-6-5-7-9-16)14-22(29)27(20)15-21(28)25-17-10-12-18(13-11-17)32-24(2,3)23(30)31/h5-14H,4,15H2,1-3H3,(H,25,28)(H,30,31). The first-order chi connectivity index (χ1) is 15.2. The number of hydrogen-bond acceptors (Lipinski definition) is 5. The van der Waals surface area contributed by atoms with Crippen LogP contribution in [0.25, 0.3) is 11.3 Å². The first-order valence-electron chi connectivity index (χ1n) is 10.2. The molecule has 8 heteroatoms. The number of benzene rings is 2. The fourth-order valence-electron chi connectivity index (χ4n) is 3.04. The third-order valence-electron chi connectivity index (χ3n) is 4.80. The zero-order chi connectivity index (χ0) is 23.3. The van der Waals surface area contributed by atoms with Crippen LogP contribution in [0.4, 0.5) is 5.69 Å². The van der Waals surface area contributed by atoms with Crippen LogP contribution in [0.15, 0.2) is 65.5 Å². The number of aliphatic carboxylic acids is 1. The zero-order valence-electron chi connectivity index (χ0n) is 18.2. The number of hydrogen-bond donors (Lipinski definition) is 2. The van der Waals surface area contributed by atoms with Crippen molar-refractivity contribution < 1.29 is 19.4 Å². The van der Waals surface area contributed by atoms with Gasteiger partial charge in [-0.1, -0.05) is 37.3 Å². The molecule has 0 unspecified atom stereocenters. The quantitative estimate of drug-likeness (QED) is 0.561. The van der Waals surface area contributed by atoms with E-state index in [0.717, 1.165) is 5.56 Å². The molecule has 0 atom stereocenters. The number of rotatable bonds is 8. The van der Waals surface area contributed by atoms with Gasteiger partial charge in [0.05, 0.1) is 5.69 Å². The van der Waals surface area contributed by atoms with Crippen LogP contribution < -0.4 is 15.6 Å². The highest BCUT2D eigenvalue weighted by Crippen LogP contribution is 2.21. The second-order valence-electron chi connectivity index (χ2n) is 7.69. The van der Waals surface area contributed by atoms with Gasteiger partial charge < -0.3 is 15.2 Å². The first-order valence-corrected chi connectivity index (χ1v) is 10.2. The van der Waals surface area contributed by atoms with Gasteiger partial charge in [-0.05, 0) is 38.1 Å². The van der Waals surface area contributed by atoms with Gasteiger partial charge in [0, 0.05) is 23.7 Å². The van der Waals surface area contributed by atoms with Gasteiger partial charge in [0.1, 0.15) is 18.1 Å². The number of aromatic nitrogens is 2. The maximum absolute atomic E-state index is 12.7. The van der Waals surface area contributed by atoms with Gasteiger partial charge in [-0.2, -0.15) is 0 Å². The number of aryl methyl sites for hydroxylation is 1. The van der Waals surface area contributed by atoms with Gasteiger partial charge >= 0.3 is 5.97 Å². The summed E-state index contributed by atoms with van der Waals surface area (Å²) in [5, 5.41) is 11.9. The van der Waals surface area contributed by atoms with Crippen LogP contribution in [0.2, 0.25) is 0 Å². The number of nitrogens with one attached hydrogen (secondary N) is 1. The van der Waals surface area contributed by atoms with Crippen molar-refractivity contribution in [1.82, 2.24) is 9.55 Å². The van der Waals surface area contributed by atoms with Crippen molar-refractivity contribution in [2.75, 3.05) is 5.32 Å². The summed E-state index contributed by atoms with van der Waals surface area (Å²) in [6.07, 6.45) is 0.495. The van der Waals surface area contributed by atoms with Gasteiger partial charge in [0.15, 0.2) is 5.60 Å². The lowest BCUT2D eigenvalue weighted by Crippen LogP contribution is -2.37. The number of carboxylic acids is 1. The molecule has 0 spiro atoms. The number of anilines is 1. The molecule has 0 fully saturated rings. The van der Waals surface area contributed by atoms with Crippen molar-refractivity contribution >= 4 is 17.6 Å². The average Bonchev–Trinajstić information content (AvgIpc) is 2.76. The molecule has 3 aromatic rings. The second-order valence-corrected chi connectivity index (χ2v) is 7.69. The number of amides is 1. The van der Waals surface area contributed by atoms with Crippen molar-refractivity contribution in [1.29, 1.82) is 0 Å². The zero-order valence-corrected chi connectivity index (χ0v) is 18.2. The maximum Gasteiger partial charge on any atom is 0.347 e. The summed E-state index contributed by atoms with van der Waals surface area (Å²) in [4.78, 5) is 41.0. The number of carbonyl (C=O) groups is 2. The summed E-state index contributed by atoms with van der Waals surface area (Å²) in [6, 6.07) is 17.2. The Morgan fingerprint density at radius 2 is 1.75 bits per heavy atom. The Morgan fingerprint density at radius 1 is 1.09 bits per heavy atom. The van der Waals surface area contributed by atoms with E-state index in [1.807, 2.05) is 37.3 Å². The molecule has 0 aliphatic heterocycles. The molecule has 0 saturated heterocycles. The minimum Gasteiger partial charge on any atom is -0.478 e. The highest BCUT2D eigenvalue weighted by molar-refractivity contribution is 5.90. The Balaban J connectivity index is 1.72. The highest BCUT2D eigenvalue weighted by atomic mass is 16.5. The van der Waals surface area contributed by atoms with Crippen LogP contribution in [-0.4, -0.2) is 32.1 Å². The van der Waals surface area contributed by atoms with E-state index in [1.165, 1.54) is 24.5 Å². The molecule has 0 saturated carbocycles. The minimum absolute atomic E-state index is 0.172. The third kappa shape index (κ3) is 5.40. The third-order valence-corrected chi connectivity index (χ3v) is 4.80. The van der Waals surface area contributed by atoms with Crippen LogP contribution in [0.3, 0.4) is 0 Å². The topological polar surface area (TPSA) is 111 Å². The van der Waals surface area contributed by atoms with Crippen molar-refractivity contribution in [3.05, 3.63) is 76.8 Å². The molecule has 0 aliphatic carbocycles. The van der Waals surface area contributed by atoms with Crippen LogP contribution >= 0.6 is 0 Å². The molecule has 0 bridgehead atoms. The lowest BCUT2D eigenvalue weighted by molar-refractivity contribution is -0.152. The predicted octanol–water partition coefficient (Wildman–Crippen LogP) is 3.35. The normalized spacial score (nSPS) is 11.1. The maximum atomic E-state index is 12.7. The number of carbonyl (C=O) groups excluding carboxylic acids is 1. The lowest BCUT2D eigenvalue weighted by Gasteiger charge is -2.21. The van der Waals surface area contributed by atoms with E-state index in [-0.39, 0.29) is 18.0 Å². The fraction of sp³-hybridized carbons (Fsp3) is 0.250. The molecule has 8 nitrogen and oxygen atoms in total. The van der Waals surface area contributed by atoms with Crippen molar-refractivity contribution in [3.8, 4) is 17.0 Å². The van der Waals surface area contributed by atoms with Gasteiger partial charge in [-0.25, -0.2) is 9.78 Å². The molecule has 1 amide bonds. The van der Waals surface area contributed by atoms with E-state index in [4.69, 9.17) is 9.84 Å². The van der Waals surface area contributed by atoms with E-state index < -0.39 is 11.6 Å². The first kappa shape index (κ1) is 22.7. The smallest absolute Gasteiger partial charge is 0.347 e. The second kappa shape index (κ2) is 9.47. The number of nitrogens with zero attached hydrogens (tertiary/aromatic N) is 2. The molecule has 2 aromatic carbocycles. The molecule has 2 N–H and O–H groups in total. The van der Waals surface area contributed by atoms with Crippen LogP contribution in [0.5, 0.6) is 5.75 Å². The summed E-state index contributed by atoms with van der Waals surface area (Å²) in [5.41, 5.74) is 0.232. The molecule has 0 aliphatic rings. The SMILES string of the molecule is CCc1nc(-c2ccccc2)cc(=O)n1CC(=O)Nc1ccc(OC(C)(C)C(=O)O)cc1. The summed E-state index contributed by atoms with van der Waals surface area (Å²) in [7, 11) is 0. The van der Waals surface area contributed by atoms with Crippen LogP contribution in [-0.2, 0) is 22.6 Å². The highest BCUT2D eigenvalue weighted by Gasteiger charge is 2.29. The lowest BCUT2D eigenvalue weighted by atomic mass is 10.1. The molecule has 3 rings (SSSR count). The van der Waals surface area contributed by atoms with E-state index in [2.05, 4.69) is 10.3 Å². The Hall–Kier alpha value is -3.94. The summed E-state index contributed by atoms with van der Waals surface area (Å²) in [6.45, 7) is 4.60. The van der Waals surface area contributed by atoms with E-state index in [0.29, 0.717) is 29.4 Å². The number of carboxylic acid groups (broad SMARTS) is 1. The van der Waals surface area contributed by atoms with E-state index in [1.54, 1.807) is 24.3 Å². The molecule has 1 heterocycles. The predicted molar refractivity (Wildman–Crippen MR) is 121 cm³/mol.